The molecule has 2 aliphatic rings. The maximum absolute atomic E-state index is 12.7. The van der Waals surface area contributed by atoms with Gasteiger partial charge in [0.1, 0.15) is 0 Å². The molecule has 30 heavy (non-hydrogen) atoms. The minimum Gasteiger partial charge on any atom is -0.454 e. The van der Waals surface area contributed by atoms with Gasteiger partial charge in [-0.25, -0.2) is 4.79 Å². The Morgan fingerprint density at radius 1 is 0.967 bits per heavy atom. The minimum atomic E-state index is -0.536. The molecule has 3 aromatic rings. The number of anilines is 1. The zero-order valence-corrected chi connectivity index (χ0v) is 16.3. The molecule has 0 aliphatic carbocycles. The zero-order chi connectivity index (χ0) is 20.7. The van der Waals surface area contributed by atoms with Gasteiger partial charge in [-0.15, -0.1) is 0 Å². The lowest BCUT2D eigenvalue weighted by Crippen LogP contribution is -2.31. The topological polar surface area (TPSA) is 68.6 Å². The van der Waals surface area contributed by atoms with Crippen molar-refractivity contribution in [1.82, 2.24) is 4.57 Å². The first kappa shape index (κ1) is 18.4. The number of rotatable bonds is 5. The molecule has 0 spiro atoms. The third-order valence-electron chi connectivity index (χ3n) is 5.67. The Balaban J connectivity index is 1.27. The molecular formula is C24H20N2O4. The molecule has 5 rings (SSSR count). The molecule has 0 saturated heterocycles. The normalized spacial score (nSPS) is 14.5. The molecule has 150 valence electrons. The summed E-state index contributed by atoms with van der Waals surface area (Å²) in [7, 11) is 0. The SMILES string of the molecule is O=C(COC(=O)c1ccc(-n2cccc2)cc1)c1cc2c3c(c1)CC(=O)N3CCC2. The molecule has 2 aromatic carbocycles. The van der Waals surface area contributed by atoms with Crippen LogP contribution < -0.4 is 4.90 Å². The number of hydrogen-bond donors (Lipinski definition) is 0. The number of aryl methyl sites for hydroxylation is 1. The Morgan fingerprint density at radius 2 is 1.70 bits per heavy atom. The number of ketones is 1. The second-order valence-electron chi connectivity index (χ2n) is 7.61. The van der Waals surface area contributed by atoms with Crippen LogP contribution in [0.15, 0.2) is 60.9 Å². The molecule has 0 unspecified atom stereocenters. The van der Waals surface area contributed by atoms with Gasteiger partial charge < -0.3 is 14.2 Å². The number of benzene rings is 2. The van der Waals surface area contributed by atoms with E-state index in [2.05, 4.69) is 0 Å². The van der Waals surface area contributed by atoms with Crippen molar-refractivity contribution in [3.8, 4) is 5.69 Å². The molecule has 1 amide bonds. The molecular weight excluding hydrogens is 380 g/mol. The molecule has 1 aromatic heterocycles. The van der Waals surface area contributed by atoms with Gasteiger partial charge in [-0.3, -0.25) is 9.59 Å². The summed E-state index contributed by atoms with van der Waals surface area (Å²) in [5.41, 5.74) is 4.72. The van der Waals surface area contributed by atoms with Crippen molar-refractivity contribution in [1.29, 1.82) is 0 Å². The summed E-state index contributed by atoms with van der Waals surface area (Å²) >= 11 is 0. The van der Waals surface area contributed by atoms with Crippen molar-refractivity contribution in [2.24, 2.45) is 0 Å². The van der Waals surface area contributed by atoms with Crippen LogP contribution in [0, 0.1) is 0 Å². The number of ether oxygens (including phenoxy) is 1. The molecule has 0 radical (unpaired) electrons. The third kappa shape index (κ3) is 3.20. The van der Waals surface area contributed by atoms with E-state index < -0.39 is 5.97 Å². The maximum atomic E-state index is 12.7. The van der Waals surface area contributed by atoms with Gasteiger partial charge in [-0.05, 0) is 72.5 Å². The zero-order valence-electron chi connectivity index (χ0n) is 16.3. The van der Waals surface area contributed by atoms with Gasteiger partial charge in [0, 0.05) is 30.2 Å². The van der Waals surface area contributed by atoms with E-state index in [1.807, 2.05) is 52.2 Å². The largest absolute Gasteiger partial charge is 0.454 e. The summed E-state index contributed by atoms with van der Waals surface area (Å²) in [6.07, 6.45) is 5.91. The van der Waals surface area contributed by atoms with Crippen molar-refractivity contribution >= 4 is 23.3 Å². The summed E-state index contributed by atoms with van der Waals surface area (Å²) < 4.78 is 7.19. The van der Waals surface area contributed by atoms with Gasteiger partial charge in [-0.2, -0.15) is 0 Å². The maximum Gasteiger partial charge on any atom is 0.338 e. The highest BCUT2D eigenvalue weighted by Gasteiger charge is 2.33. The van der Waals surface area contributed by atoms with Gasteiger partial charge in [0.2, 0.25) is 5.91 Å². The highest BCUT2D eigenvalue weighted by atomic mass is 16.5. The smallest absolute Gasteiger partial charge is 0.338 e. The third-order valence-corrected chi connectivity index (χ3v) is 5.67. The summed E-state index contributed by atoms with van der Waals surface area (Å²) in [6, 6.07) is 14.5. The summed E-state index contributed by atoms with van der Waals surface area (Å²) in [6.45, 7) is 0.418. The van der Waals surface area contributed by atoms with Crippen LogP contribution in [0.25, 0.3) is 5.69 Å². The molecule has 0 atom stereocenters. The fourth-order valence-electron chi connectivity index (χ4n) is 4.21. The van der Waals surface area contributed by atoms with E-state index in [1.165, 1.54) is 0 Å². The van der Waals surface area contributed by atoms with Crippen LogP contribution in [0.4, 0.5) is 5.69 Å². The van der Waals surface area contributed by atoms with Crippen molar-refractivity contribution < 1.29 is 19.1 Å². The average molecular weight is 400 g/mol. The van der Waals surface area contributed by atoms with Gasteiger partial charge >= 0.3 is 5.97 Å². The first-order chi connectivity index (χ1) is 14.6. The Morgan fingerprint density at radius 3 is 2.47 bits per heavy atom. The number of nitrogens with zero attached hydrogens (tertiary/aromatic N) is 2. The summed E-state index contributed by atoms with van der Waals surface area (Å²) in [5.74, 6) is -0.709. The molecule has 2 aliphatic heterocycles. The van der Waals surface area contributed by atoms with E-state index in [4.69, 9.17) is 4.74 Å². The second-order valence-corrected chi connectivity index (χ2v) is 7.61. The molecule has 3 heterocycles. The van der Waals surface area contributed by atoms with E-state index >= 15 is 0 Å². The predicted molar refractivity (Wildman–Crippen MR) is 111 cm³/mol. The molecule has 0 N–H and O–H groups in total. The quantitative estimate of drug-likeness (QED) is 0.487. The Bertz CT molecular complexity index is 1150. The van der Waals surface area contributed by atoms with Crippen LogP contribution in [0.1, 0.15) is 38.3 Å². The highest BCUT2D eigenvalue weighted by Crippen LogP contribution is 2.37. The van der Waals surface area contributed by atoms with E-state index in [9.17, 15) is 14.4 Å². The molecule has 0 bridgehead atoms. The number of carbonyl (C=O) groups excluding carboxylic acids is 3. The molecule has 6 nitrogen and oxygen atoms in total. The van der Waals surface area contributed by atoms with E-state index in [1.54, 1.807) is 18.2 Å². The number of carbonyl (C=O) groups is 3. The molecule has 0 saturated carbocycles. The summed E-state index contributed by atoms with van der Waals surface area (Å²) in [5, 5.41) is 0. The van der Waals surface area contributed by atoms with E-state index in [-0.39, 0.29) is 18.3 Å². The monoisotopic (exact) mass is 400 g/mol. The van der Waals surface area contributed by atoms with E-state index in [0.717, 1.165) is 41.9 Å². The van der Waals surface area contributed by atoms with Crippen molar-refractivity contribution in [2.45, 2.75) is 19.3 Å². The van der Waals surface area contributed by atoms with Gasteiger partial charge in [-0.1, -0.05) is 0 Å². The van der Waals surface area contributed by atoms with Crippen LogP contribution >= 0.6 is 0 Å². The lowest BCUT2D eigenvalue weighted by atomic mass is 9.95. The fourth-order valence-corrected chi connectivity index (χ4v) is 4.21. The van der Waals surface area contributed by atoms with Crippen LogP contribution in [0.3, 0.4) is 0 Å². The van der Waals surface area contributed by atoms with Gasteiger partial charge in [0.05, 0.1) is 17.7 Å². The minimum absolute atomic E-state index is 0.0883. The van der Waals surface area contributed by atoms with Crippen molar-refractivity contribution in [2.75, 3.05) is 18.1 Å². The van der Waals surface area contributed by atoms with Crippen molar-refractivity contribution in [3.05, 3.63) is 83.2 Å². The number of hydrogen-bond acceptors (Lipinski definition) is 4. The Labute approximate surface area is 173 Å². The lowest BCUT2D eigenvalue weighted by Gasteiger charge is -2.25. The highest BCUT2D eigenvalue weighted by molar-refractivity contribution is 6.05. The van der Waals surface area contributed by atoms with Crippen LogP contribution in [-0.2, 0) is 22.4 Å². The first-order valence-electron chi connectivity index (χ1n) is 10.00. The Hall–Kier alpha value is -3.67. The predicted octanol–water partition coefficient (Wildman–Crippen LogP) is 3.35. The van der Waals surface area contributed by atoms with Crippen LogP contribution in [-0.4, -0.2) is 35.4 Å². The number of amides is 1. The van der Waals surface area contributed by atoms with Gasteiger partial charge in [0.25, 0.3) is 0 Å². The number of esters is 1. The van der Waals surface area contributed by atoms with Crippen LogP contribution in [0.5, 0.6) is 0 Å². The molecule has 0 fully saturated rings. The fraction of sp³-hybridized carbons (Fsp3) is 0.208. The summed E-state index contributed by atoms with van der Waals surface area (Å²) in [4.78, 5) is 39.0. The standard InChI is InChI=1S/C24H20N2O4/c27-21(18-12-17-4-3-11-26-22(28)14-19(13-18)23(17)26)15-30-24(29)16-5-7-20(8-6-16)25-9-1-2-10-25/h1-2,5-10,12-13H,3-4,11,14-15H2. The number of Topliss-reactive ketones (excluding diaryl/α,β-unsaturated/α-hetero) is 1. The number of aromatic nitrogens is 1. The van der Waals surface area contributed by atoms with Crippen molar-refractivity contribution in [3.63, 3.8) is 0 Å². The lowest BCUT2D eigenvalue weighted by molar-refractivity contribution is -0.117. The molecule has 6 heteroatoms. The Kier molecular flexibility index (Phi) is 4.47. The van der Waals surface area contributed by atoms with E-state index in [0.29, 0.717) is 17.5 Å². The van der Waals surface area contributed by atoms with Crippen LogP contribution in [0.2, 0.25) is 0 Å². The first-order valence-corrected chi connectivity index (χ1v) is 10.00. The average Bonchev–Trinajstić information content (AvgIpc) is 3.41. The van der Waals surface area contributed by atoms with Gasteiger partial charge in [0.15, 0.2) is 12.4 Å². The second kappa shape index (κ2) is 7.30.